The van der Waals surface area contributed by atoms with Crippen molar-refractivity contribution in [3.8, 4) is 22.5 Å². The van der Waals surface area contributed by atoms with E-state index in [1.165, 1.54) is 0 Å². The molecule has 0 bridgehead atoms. The molecule has 1 unspecified atom stereocenters. The second kappa shape index (κ2) is 9.81. The lowest BCUT2D eigenvalue weighted by Gasteiger charge is -2.14. The summed E-state index contributed by atoms with van der Waals surface area (Å²) in [5, 5.41) is 19.1. The van der Waals surface area contributed by atoms with Gasteiger partial charge in [0, 0.05) is 5.56 Å². The van der Waals surface area contributed by atoms with Crippen LogP contribution >= 0.6 is 0 Å². The Morgan fingerprint density at radius 2 is 1.62 bits per heavy atom. The molecule has 1 amide bonds. The van der Waals surface area contributed by atoms with Gasteiger partial charge < -0.3 is 20.2 Å². The van der Waals surface area contributed by atoms with Crippen molar-refractivity contribution in [1.82, 2.24) is 5.16 Å². The number of nitrogens with one attached hydrogen (secondary N) is 1. The Kier molecular flexibility index (Phi) is 6.40. The van der Waals surface area contributed by atoms with E-state index < -0.39 is 12.2 Å². The lowest BCUT2D eigenvalue weighted by Crippen LogP contribution is -2.28. The summed E-state index contributed by atoms with van der Waals surface area (Å²) in [6, 6.07) is 25.5. The maximum absolute atomic E-state index is 12.6. The van der Waals surface area contributed by atoms with Crippen molar-refractivity contribution in [3.63, 3.8) is 0 Å². The molecule has 1 fully saturated rings. The number of oxime groups is 1. The number of amidine groups is 1. The third-order valence-electron chi connectivity index (χ3n) is 6.91. The number of aromatic nitrogens is 1. The third-order valence-corrected chi connectivity index (χ3v) is 6.91. The monoisotopic (exact) mass is 496 g/mol. The van der Waals surface area contributed by atoms with E-state index in [9.17, 15) is 4.79 Å². The number of anilines is 1. The van der Waals surface area contributed by atoms with Crippen LogP contribution in [-0.4, -0.2) is 22.3 Å². The average Bonchev–Trinajstić information content (AvgIpc) is 3.67. The van der Waals surface area contributed by atoms with E-state index >= 15 is 0 Å². The Hall–Kier alpha value is -4.59. The number of benzene rings is 3. The molecule has 5 rings (SSSR count). The molecule has 4 N–H and O–H groups in total. The molecule has 4 aromatic rings. The highest BCUT2D eigenvalue weighted by molar-refractivity contribution is 5.94. The molecular weight excluding hydrogens is 468 g/mol. The summed E-state index contributed by atoms with van der Waals surface area (Å²) in [4.78, 5) is 12.6. The van der Waals surface area contributed by atoms with Crippen molar-refractivity contribution in [3.05, 3.63) is 95.7 Å². The van der Waals surface area contributed by atoms with Crippen LogP contribution in [0.4, 0.5) is 10.5 Å². The molecule has 1 heterocycles. The standard InChI is InChI=1S/C29H28N4O4/c1-18-25(31-28(34)36-19(2)20-6-4-3-5-7-20)26(37-33-18)23-10-8-21(9-11-23)22-12-14-24(15-13-22)29(16-17-29)27(30)32-35/h3-15,19,35H,16-17H2,1-2H3,(H2,30,32)(H,31,34). The zero-order valence-electron chi connectivity index (χ0n) is 20.6. The number of hydrogen-bond donors (Lipinski definition) is 3. The van der Waals surface area contributed by atoms with Crippen LogP contribution < -0.4 is 11.1 Å². The van der Waals surface area contributed by atoms with Crippen molar-refractivity contribution >= 4 is 17.6 Å². The van der Waals surface area contributed by atoms with Crippen LogP contribution in [0.15, 0.2) is 88.5 Å². The maximum atomic E-state index is 12.6. The molecule has 0 spiro atoms. The summed E-state index contributed by atoms with van der Waals surface area (Å²) in [6.45, 7) is 3.58. The van der Waals surface area contributed by atoms with Crippen molar-refractivity contribution in [2.45, 2.75) is 38.2 Å². The fraction of sp³-hybridized carbons (Fsp3) is 0.207. The highest BCUT2D eigenvalue weighted by Gasteiger charge is 2.48. The summed E-state index contributed by atoms with van der Waals surface area (Å²) >= 11 is 0. The van der Waals surface area contributed by atoms with Gasteiger partial charge in [-0.25, -0.2) is 4.79 Å². The average molecular weight is 497 g/mol. The summed E-state index contributed by atoms with van der Waals surface area (Å²) in [5.74, 6) is 0.716. The number of amides is 1. The van der Waals surface area contributed by atoms with Gasteiger partial charge in [-0.05, 0) is 48.9 Å². The molecule has 3 aromatic carbocycles. The van der Waals surface area contributed by atoms with E-state index in [-0.39, 0.29) is 11.3 Å². The predicted octanol–water partition coefficient (Wildman–Crippen LogP) is 6.40. The Morgan fingerprint density at radius 1 is 1.03 bits per heavy atom. The summed E-state index contributed by atoms with van der Waals surface area (Å²) in [5.41, 5.74) is 11.4. The van der Waals surface area contributed by atoms with E-state index in [1.807, 2.05) is 85.8 Å². The fourth-order valence-electron chi connectivity index (χ4n) is 4.51. The van der Waals surface area contributed by atoms with Gasteiger partial charge in [-0.3, -0.25) is 5.32 Å². The highest BCUT2D eigenvalue weighted by atomic mass is 16.6. The lowest BCUT2D eigenvalue weighted by atomic mass is 9.92. The number of ether oxygens (including phenoxy) is 1. The minimum absolute atomic E-state index is 0.259. The quantitative estimate of drug-likeness (QED) is 0.118. The SMILES string of the molecule is Cc1noc(-c2ccc(-c3ccc(C4(C(N)=NO)CC4)cc3)cc2)c1NC(=O)OC(C)c1ccccc1. The number of nitrogens with two attached hydrogens (primary N) is 1. The van der Waals surface area contributed by atoms with Gasteiger partial charge in [0.05, 0.1) is 5.41 Å². The normalized spacial score (nSPS) is 15.1. The van der Waals surface area contributed by atoms with Crippen molar-refractivity contribution in [2.24, 2.45) is 10.9 Å². The molecule has 8 heteroatoms. The van der Waals surface area contributed by atoms with Gasteiger partial charge in [-0.1, -0.05) is 89.2 Å². The smallest absolute Gasteiger partial charge is 0.412 e. The van der Waals surface area contributed by atoms with E-state index in [1.54, 1.807) is 6.92 Å². The Bertz CT molecular complexity index is 1420. The molecule has 0 radical (unpaired) electrons. The fourth-order valence-corrected chi connectivity index (χ4v) is 4.51. The van der Waals surface area contributed by atoms with Crippen molar-refractivity contribution in [2.75, 3.05) is 5.32 Å². The van der Waals surface area contributed by atoms with Crippen LogP contribution in [0.1, 0.15) is 42.7 Å². The topological polar surface area (TPSA) is 123 Å². The number of nitrogens with zero attached hydrogens (tertiary/aromatic N) is 2. The van der Waals surface area contributed by atoms with Gasteiger partial charge in [0.2, 0.25) is 0 Å². The van der Waals surface area contributed by atoms with Gasteiger partial charge in [-0.2, -0.15) is 0 Å². The number of rotatable bonds is 7. The minimum Gasteiger partial charge on any atom is -0.441 e. The van der Waals surface area contributed by atoms with Crippen LogP contribution in [0.2, 0.25) is 0 Å². The molecule has 1 aliphatic rings. The first-order valence-corrected chi connectivity index (χ1v) is 12.1. The second-order valence-electron chi connectivity index (χ2n) is 9.28. The molecule has 1 saturated carbocycles. The van der Waals surface area contributed by atoms with Crippen molar-refractivity contribution < 1.29 is 19.3 Å². The first kappa shape index (κ1) is 24.1. The van der Waals surface area contributed by atoms with E-state index in [2.05, 4.69) is 15.6 Å². The zero-order valence-corrected chi connectivity index (χ0v) is 20.6. The van der Waals surface area contributed by atoms with E-state index in [4.69, 9.17) is 20.2 Å². The van der Waals surface area contributed by atoms with Crippen LogP contribution in [-0.2, 0) is 10.2 Å². The number of hydrogen-bond acceptors (Lipinski definition) is 6. The molecule has 1 aliphatic carbocycles. The first-order chi connectivity index (χ1) is 17.9. The summed E-state index contributed by atoms with van der Waals surface area (Å²) < 4.78 is 11.1. The largest absolute Gasteiger partial charge is 0.441 e. The van der Waals surface area contributed by atoms with Crippen LogP contribution in [0.3, 0.4) is 0 Å². The van der Waals surface area contributed by atoms with Crippen LogP contribution in [0.5, 0.6) is 0 Å². The molecule has 0 aliphatic heterocycles. The molecule has 188 valence electrons. The molecule has 8 nitrogen and oxygen atoms in total. The predicted molar refractivity (Wildman–Crippen MR) is 141 cm³/mol. The van der Waals surface area contributed by atoms with Gasteiger partial charge in [0.1, 0.15) is 23.3 Å². The second-order valence-corrected chi connectivity index (χ2v) is 9.28. The number of carbonyl (C=O) groups excluding carboxylic acids is 1. The Balaban J connectivity index is 1.30. The van der Waals surface area contributed by atoms with E-state index in [0.29, 0.717) is 17.1 Å². The molecule has 37 heavy (non-hydrogen) atoms. The van der Waals surface area contributed by atoms with Gasteiger partial charge in [-0.15, -0.1) is 0 Å². The van der Waals surface area contributed by atoms with E-state index in [0.717, 1.165) is 40.7 Å². The molecular formula is C29H28N4O4. The maximum Gasteiger partial charge on any atom is 0.412 e. The van der Waals surface area contributed by atoms with Crippen LogP contribution in [0.25, 0.3) is 22.5 Å². The summed E-state index contributed by atoms with van der Waals surface area (Å²) in [6.07, 6.45) is 0.768. The Labute approximate surface area is 214 Å². The van der Waals surface area contributed by atoms with Gasteiger partial charge >= 0.3 is 6.09 Å². The van der Waals surface area contributed by atoms with Crippen LogP contribution in [0, 0.1) is 6.92 Å². The number of aryl methyl sites for hydroxylation is 1. The van der Waals surface area contributed by atoms with Gasteiger partial charge in [0.25, 0.3) is 0 Å². The first-order valence-electron chi connectivity index (χ1n) is 12.1. The Morgan fingerprint density at radius 3 is 2.22 bits per heavy atom. The molecule has 1 aromatic heterocycles. The zero-order chi connectivity index (χ0) is 26.0. The van der Waals surface area contributed by atoms with Gasteiger partial charge in [0.15, 0.2) is 5.76 Å². The molecule has 0 saturated heterocycles. The number of carbonyl (C=O) groups is 1. The highest BCUT2D eigenvalue weighted by Crippen LogP contribution is 2.48. The van der Waals surface area contributed by atoms with Crippen molar-refractivity contribution in [1.29, 1.82) is 0 Å². The lowest BCUT2D eigenvalue weighted by molar-refractivity contribution is 0.121. The molecule has 1 atom stereocenters. The minimum atomic E-state index is -0.582. The summed E-state index contributed by atoms with van der Waals surface area (Å²) in [7, 11) is 0. The third kappa shape index (κ3) is 4.78.